The number of nitrogens with one attached hydrogen (secondary N) is 1. The molecule has 2 N–H and O–H groups in total. The Morgan fingerprint density at radius 1 is 1.34 bits per heavy atom. The molecule has 0 spiro atoms. The lowest BCUT2D eigenvalue weighted by Gasteiger charge is -2.10. The number of ether oxygens (including phenoxy) is 2. The van der Waals surface area contributed by atoms with Crippen molar-refractivity contribution >= 4 is 39.7 Å². The summed E-state index contributed by atoms with van der Waals surface area (Å²) in [5.41, 5.74) is 0.854. The first-order valence-corrected chi connectivity index (χ1v) is 9.54. The van der Waals surface area contributed by atoms with Crippen molar-refractivity contribution in [2.24, 2.45) is 0 Å². The van der Waals surface area contributed by atoms with Crippen LogP contribution in [0, 0.1) is 19.3 Å². The van der Waals surface area contributed by atoms with Gasteiger partial charge in [-0.25, -0.2) is 9.78 Å². The number of carbonyl (C=O) groups is 1. The van der Waals surface area contributed by atoms with Gasteiger partial charge in [-0.3, -0.25) is 4.79 Å². The lowest BCUT2D eigenvalue weighted by atomic mass is 10.2. The fourth-order valence-corrected chi connectivity index (χ4v) is 3.78. The quantitative estimate of drug-likeness (QED) is 0.578. The molecule has 0 aliphatic carbocycles. The maximum atomic E-state index is 12.4. The molecule has 2 heterocycles. The number of thiophene rings is 1. The van der Waals surface area contributed by atoms with Crippen LogP contribution in [0.15, 0.2) is 23.0 Å². The van der Waals surface area contributed by atoms with E-state index >= 15 is 0 Å². The van der Waals surface area contributed by atoms with Crippen molar-refractivity contribution < 1.29 is 19.4 Å². The van der Waals surface area contributed by atoms with E-state index in [0.717, 1.165) is 16.9 Å². The van der Waals surface area contributed by atoms with Crippen molar-refractivity contribution in [3.63, 3.8) is 0 Å². The minimum absolute atomic E-state index is 0.114. The van der Waals surface area contributed by atoms with Gasteiger partial charge in [-0.05, 0) is 43.2 Å². The zero-order chi connectivity index (χ0) is 21.0. The van der Waals surface area contributed by atoms with Gasteiger partial charge < -0.3 is 19.6 Å². The Kier molecular flexibility index (Phi) is 6.00. The Hall–Kier alpha value is -3.57. The number of aromatic nitrogens is 2. The highest BCUT2D eigenvalue weighted by Gasteiger charge is 2.18. The average Bonchev–Trinajstić information content (AvgIpc) is 3.03. The number of carboxylic acids is 1. The fraction of sp³-hybridized carbons (Fsp3) is 0.190. The molecule has 3 rings (SSSR count). The largest absolute Gasteiger partial charge is 0.490 e. The fourth-order valence-electron chi connectivity index (χ4n) is 2.75. The molecule has 0 unspecified atom stereocenters. The molecule has 0 saturated heterocycles. The Morgan fingerprint density at radius 2 is 2.14 bits per heavy atom. The predicted octanol–water partition coefficient (Wildman–Crippen LogP) is 3.57. The summed E-state index contributed by atoms with van der Waals surface area (Å²) in [6.45, 7) is 4.08. The van der Waals surface area contributed by atoms with Crippen molar-refractivity contribution in [2.45, 2.75) is 13.8 Å². The lowest BCUT2D eigenvalue weighted by Crippen LogP contribution is -2.09. The molecule has 7 nitrogen and oxygen atoms in total. The topological polar surface area (TPSA) is 102 Å². The monoisotopic (exact) mass is 410 g/mol. The molecule has 1 aromatic carbocycles. The van der Waals surface area contributed by atoms with E-state index in [-0.39, 0.29) is 17.0 Å². The molecule has 0 aliphatic heterocycles. The molecule has 0 saturated carbocycles. The van der Waals surface area contributed by atoms with Crippen LogP contribution >= 0.6 is 11.3 Å². The van der Waals surface area contributed by atoms with E-state index in [0.29, 0.717) is 39.7 Å². The number of H-pyrrole nitrogens is 1. The number of aromatic carboxylic acids is 1. The number of hydrogen-bond acceptors (Lipinski definition) is 6. The zero-order valence-electron chi connectivity index (χ0n) is 15.8. The van der Waals surface area contributed by atoms with Crippen molar-refractivity contribution in [1.29, 1.82) is 0 Å². The van der Waals surface area contributed by atoms with E-state index in [2.05, 4.69) is 15.9 Å². The summed E-state index contributed by atoms with van der Waals surface area (Å²) in [5.74, 6) is 2.77. The van der Waals surface area contributed by atoms with Gasteiger partial charge in [-0.1, -0.05) is 18.1 Å². The Balaban J connectivity index is 1.94. The number of aromatic amines is 1. The van der Waals surface area contributed by atoms with Crippen LogP contribution < -0.4 is 15.0 Å². The maximum absolute atomic E-state index is 12.4. The van der Waals surface area contributed by atoms with Gasteiger partial charge in [-0.2, -0.15) is 0 Å². The second-order valence-electron chi connectivity index (χ2n) is 5.96. The molecule has 0 radical (unpaired) electrons. The Labute approximate surface area is 170 Å². The standard InChI is InChI=1S/C21H18N2O5S/c1-4-10-28-14-8-6-13(11-15(14)27-5-2)7-9-16-22-19(24)17-12(3)18(21(25)26)29-20(17)23-16/h1,6-9,11H,5,10H2,2-3H3,(H,25,26)(H,22,23,24)/b9-7+. The first kappa shape index (κ1) is 20.2. The minimum atomic E-state index is -1.07. The van der Waals surface area contributed by atoms with Crippen LogP contribution in [0.5, 0.6) is 11.5 Å². The third-order valence-corrected chi connectivity index (χ3v) is 5.20. The van der Waals surface area contributed by atoms with Crippen LogP contribution in [0.25, 0.3) is 22.4 Å². The van der Waals surface area contributed by atoms with Crippen LogP contribution in [-0.4, -0.2) is 34.3 Å². The van der Waals surface area contributed by atoms with E-state index in [1.54, 1.807) is 31.2 Å². The van der Waals surface area contributed by atoms with Crippen LogP contribution in [0.3, 0.4) is 0 Å². The average molecular weight is 410 g/mol. The third-order valence-electron chi connectivity index (χ3n) is 4.03. The van der Waals surface area contributed by atoms with Crippen molar-refractivity contribution in [1.82, 2.24) is 9.97 Å². The number of aryl methyl sites for hydroxylation is 1. The number of benzene rings is 1. The van der Waals surface area contributed by atoms with E-state index in [1.807, 2.05) is 13.0 Å². The van der Waals surface area contributed by atoms with Crippen LogP contribution in [0.2, 0.25) is 0 Å². The SMILES string of the molecule is C#CCOc1ccc(/C=C/c2nc3sc(C(=O)O)c(C)c3c(=O)[nH]2)cc1OCC. The molecule has 0 bridgehead atoms. The number of carboxylic acid groups (broad SMARTS) is 1. The third kappa shape index (κ3) is 4.31. The summed E-state index contributed by atoms with van der Waals surface area (Å²) in [6, 6.07) is 5.36. The second-order valence-corrected chi connectivity index (χ2v) is 6.96. The van der Waals surface area contributed by atoms with Crippen molar-refractivity contribution in [3.8, 4) is 23.8 Å². The summed E-state index contributed by atoms with van der Waals surface area (Å²) in [4.78, 5) is 31.2. The van der Waals surface area contributed by atoms with Gasteiger partial charge in [0.1, 0.15) is 22.1 Å². The van der Waals surface area contributed by atoms with E-state index < -0.39 is 5.97 Å². The van der Waals surface area contributed by atoms with E-state index in [9.17, 15) is 14.7 Å². The number of nitrogens with zero attached hydrogens (tertiary/aromatic N) is 1. The summed E-state index contributed by atoms with van der Waals surface area (Å²) in [5, 5.41) is 9.55. The summed E-state index contributed by atoms with van der Waals surface area (Å²) in [7, 11) is 0. The van der Waals surface area contributed by atoms with Crippen LogP contribution in [0.4, 0.5) is 0 Å². The van der Waals surface area contributed by atoms with Gasteiger partial charge in [0.05, 0.1) is 12.0 Å². The Bertz CT molecular complexity index is 1200. The molecule has 8 heteroatoms. The van der Waals surface area contributed by atoms with Crippen LogP contribution in [0.1, 0.15) is 33.5 Å². The summed E-state index contributed by atoms with van der Waals surface area (Å²) < 4.78 is 11.0. The number of terminal acetylenes is 1. The normalized spacial score (nSPS) is 10.9. The summed E-state index contributed by atoms with van der Waals surface area (Å²) >= 11 is 0.983. The number of fused-ring (bicyclic) bond motifs is 1. The molecule has 0 aliphatic rings. The van der Waals surface area contributed by atoms with Gasteiger partial charge in [0.15, 0.2) is 11.5 Å². The first-order valence-electron chi connectivity index (χ1n) is 8.72. The molecule has 0 atom stereocenters. The van der Waals surface area contributed by atoms with E-state index in [1.165, 1.54) is 0 Å². The second kappa shape index (κ2) is 8.63. The molecule has 0 amide bonds. The first-order chi connectivity index (χ1) is 13.9. The highest BCUT2D eigenvalue weighted by molar-refractivity contribution is 7.20. The molecule has 3 aromatic rings. The molecule has 148 valence electrons. The van der Waals surface area contributed by atoms with Crippen molar-refractivity contribution in [2.75, 3.05) is 13.2 Å². The van der Waals surface area contributed by atoms with Gasteiger partial charge in [0.2, 0.25) is 0 Å². The van der Waals surface area contributed by atoms with Gasteiger partial charge in [0.25, 0.3) is 5.56 Å². The highest BCUT2D eigenvalue weighted by Crippen LogP contribution is 2.30. The van der Waals surface area contributed by atoms with Gasteiger partial charge >= 0.3 is 5.97 Å². The van der Waals surface area contributed by atoms with Gasteiger partial charge in [-0.15, -0.1) is 17.8 Å². The van der Waals surface area contributed by atoms with Crippen LogP contribution in [-0.2, 0) is 0 Å². The summed E-state index contributed by atoms with van der Waals surface area (Å²) in [6.07, 6.45) is 8.63. The number of rotatable bonds is 7. The molecular formula is C21H18N2O5S. The molecule has 0 fully saturated rings. The van der Waals surface area contributed by atoms with E-state index in [4.69, 9.17) is 15.9 Å². The highest BCUT2D eigenvalue weighted by atomic mass is 32.1. The Morgan fingerprint density at radius 3 is 2.83 bits per heavy atom. The maximum Gasteiger partial charge on any atom is 0.346 e. The minimum Gasteiger partial charge on any atom is -0.490 e. The molecule has 29 heavy (non-hydrogen) atoms. The molecular weight excluding hydrogens is 392 g/mol. The lowest BCUT2D eigenvalue weighted by molar-refractivity contribution is 0.0701. The number of hydrogen-bond donors (Lipinski definition) is 2. The van der Waals surface area contributed by atoms with Crippen molar-refractivity contribution in [3.05, 3.63) is 50.4 Å². The zero-order valence-corrected chi connectivity index (χ0v) is 16.6. The molecule has 2 aromatic heterocycles. The van der Waals surface area contributed by atoms with Gasteiger partial charge in [0, 0.05) is 0 Å². The predicted molar refractivity (Wildman–Crippen MR) is 113 cm³/mol. The smallest absolute Gasteiger partial charge is 0.346 e.